The molecule has 0 saturated carbocycles. The fourth-order valence-corrected chi connectivity index (χ4v) is 2.71. The minimum atomic E-state index is 0.0922. The molecule has 3 aromatic rings. The summed E-state index contributed by atoms with van der Waals surface area (Å²) in [5.41, 5.74) is 9.21. The molecule has 1 heterocycles. The van der Waals surface area contributed by atoms with Crippen molar-refractivity contribution in [2.45, 2.75) is 5.92 Å². The largest absolute Gasteiger partial charge is 0.497 e. The van der Waals surface area contributed by atoms with Gasteiger partial charge in [0, 0.05) is 19.7 Å². The summed E-state index contributed by atoms with van der Waals surface area (Å²) in [6, 6.07) is 16.2. The average molecular weight is 281 g/mol. The second kappa shape index (κ2) is 5.58. The highest BCUT2D eigenvalue weighted by Crippen LogP contribution is 2.27. The molecule has 1 aromatic heterocycles. The number of rotatable bonds is 4. The molecule has 2 aromatic carbocycles. The average Bonchev–Trinajstić information content (AvgIpc) is 2.85. The molecule has 4 heteroatoms. The lowest BCUT2D eigenvalue weighted by Gasteiger charge is -2.15. The Kier molecular flexibility index (Phi) is 3.62. The molecule has 4 nitrogen and oxygen atoms in total. The summed E-state index contributed by atoms with van der Waals surface area (Å²) >= 11 is 0. The SMILES string of the molecule is COc1ccc2c(c1)nc(C(CN)c1ccccc1)n2C. The van der Waals surface area contributed by atoms with Crippen molar-refractivity contribution in [3.05, 3.63) is 59.9 Å². The summed E-state index contributed by atoms with van der Waals surface area (Å²) in [4.78, 5) is 4.77. The van der Waals surface area contributed by atoms with Crippen molar-refractivity contribution in [1.29, 1.82) is 0 Å². The number of hydrogen-bond donors (Lipinski definition) is 1. The zero-order valence-electron chi connectivity index (χ0n) is 12.3. The van der Waals surface area contributed by atoms with Crippen LogP contribution in [0, 0.1) is 0 Å². The van der Waals surface area contributed by atoms with E-state index in [1.54, 1.807) is 7.11 Å². The molecule has 0 saturated heterocycles. The first kappa shape index (κ1) is 13.6. The molecule has 0 radical (unpaired) electrons. The van der Waals surface area contributed by atoms with Gasteiger partial charge in [-0.3, -0.25) is 0 Å². The van der Waals surface area contributed by atoms with Crippen LogP contribution in [0.25, 0.3) is 11.0 Å². The molecule has 0 spiro atoms. The monoisotopic (exact) mass is 281 g/mol. The molecule has 0 aliphatic heterocycles. The van der Waals surface area contributed by atoms with Gasteiger partial charge < -0.3 is 15.0 Å². The summed E-state index contributed by atoms with van der Waals surface area (Å²) in [6.45, 7) is 0.526. The van der Waals surface area contributed by atoms with Gasteiger partial charge in [0.25, 0.3) is 0 Å². The second-order valence-corrected chi connectivity index (χ2v) is 5.08. The van der Waals surface area contributed by atoms with E-state index in [0.29, 0.717) is 6.54 Å². The number of imidazole rings is 1. The zero-order chi connectivity index (χ0) is 14.8. The van der Waals surface area contributed by atoms with Crippen LogP contribution >= 0.6 is 0 Å². The summed E-state index contributed by atoms with van der Waals surface area (Å²) < 4.78 is 7.38. The van der Waals surface area contributed by atoms with Gasteiger partial charge in [0.15, 0.2) is 0 Å². The van der Waals surface area contributed by atoms with Gasteiger partial charge in [0.2, 0.25) is 0 Å². The number of nitrogens with zero attached hydrogens (tertiary/aromatic N) is 2. The number of aromatic nitrogens is 2. The minimum absolute atomic E-state index is 0.0922. The maximum Gasteiger partial charge on any atom is 0.121 e. The van der Waals surface area contributed by atoms with Crippen molar-refractivity contribution < 1.29 is 4.74 Å². The van der Waals surface area contributed by atoms with E-state index in [0.717, 1.165) is 22.6 Å². The first-order valence-electron chi connectivity index (χ1n) is 7.00. The van der Waals surface area contributed by atoms with Crippen molar-refractivity contribution in [3.8, 4) is 5.75 Å². The van der Waals surface area contributed by atoms with Gasteiger partial charge in [0.1, 0.15) is 11.6 Å². The molecule has 0 bridgehead atoms. The van der Waals surface area contributed by atoms with Crippen molar-refractivity contribution >= 4 is 11.0 Å². The molecule has 21 heavy (non-hydrogen) atoms. The number of aryl methyl sites for hydroxylation is 1. The standard InChI is InChI=1S/C17H19N3O/c1-20-16-9-8-13(21-2)10-15(16)19-17(20)14(11-18)12-6-4-3-5-7-12/h3-10,14H,11,18H2,1-2H3. The molecule has 108 valence electrons. The van der Waals surface area contributed by atoms with Crippen molar-refractivity contribution in [2.75, 3.05) is 13.7 Å². The molecule has 0 amide bonds. The number of nitrogens with two attached hydrogens (primary N) is 1. The summed E-state index contributed by atoms with van der Waals surface area (Å²) in [5.74, 6) is 1.89. The van der Waals surface area contributed by atoms with Gasteiger partial charge in [0.05, 0.1) is 24.1 Å². The molecule has 1 atom stereocenters. The fraction of sp³-hybridized carbons (Fsp3) is 0.235. The van der Waals surface area contributed by atoms with Crippen LogP contribution in [0.15, 0.2) is 48.5 Å². The number of benzene rings is 2. The quantitative estimate of drug-likeness (QED) is 0.800. The first-order chi connectivity index (χ1) is 10.2. The number of methoxy groups -OCH3 is 1. The van der Waals surface area contributed by atoms with E-state index < -0.39 is 0 Å². The topological polar surface area (TPSA) is 53.1 Å². The van der Waals surface area contributed by atoms with Gasteiger partial charge in [-0.2, -0.15) is 0 Å². The highest BCUT2D eigenvalue weighted by atomic mass is 16.5. The van der Waals surface area contributed by atoms with Gasteiger partial charge in [-0.05, 0) is 17.7 Å². The van der Waals surface area contributed by atoms with E-state index in [1.165, 1.54) is 5.56 Å². The van der Waals surface area contributed by atoms with Gasteiger partial charge >= 0.3 is 0 Å². The lowest BCUT2D eigenvalue weighted by Crippen LogP contribution is -2.17. The Morgan fingerprint density at radius 2 is 1.95 bits per heavy atom. The van der Waals surface area contributed by atoms with Gasteiger partial charge in [-0.15, -0.1) is 0 Å². The normalized spacial score (nSPS) is 12.5. The Balaban J connectivity index is 2.12. The van der Waals surface area contributed by atoms with Crippen molar-refractivity contribution in [1.82, 2.24) is 9.55 Å². The second-order valence-electron chi connectivity index (χ2n) is 5.08. The smallest absolute Gasteiger partial charge is 0.121 e. The minimum Gasteiger partial charge on any atom is -0.497 e. The van der Waals surface area contributed by atoms with Crippen LogP contribution in [0.4, 0.5) is 0 Å². The predicted molar refractivity (Wildman–Crippen MR) is 84.6 cm³/mol. The molecule has 0 aliphatic carbocycles. The Labute approximate surface area is 124 Å². The van der Waals surface area contributed by atoms with E-state index in [9.17, 15) is 0 Å². The Bertz CT molecular complexity index is 749. The van der Waals surface area contributed by atoms with Crippen LogP contribution in [0.3, 0.4) is 0 Å². The molecule has 1 unspecified atom stereocenters. The number of ether oxygens (including phenoxy) is 1. The Morgan fingerprint density at radius 1 is 1.19 bits per heavy atom. The Morgan fingerprint density at radius 3 is 2.62 bits per heavy atom. The molecule has 3 rings (SSSR count). The lowest BCUT2D eigenvalue weighted by atomic mass is 9.98. The maximum absolute atomic E-state index is 6.01. The van der Waals surface area contributed by atoms with Crippen LogP contribution in [-0.2, 0) is 7.05 Å². The van der Waals surface area contributed by atoms with Gasteiger partial charge in [-0.25, -0.2) is 4.98 Å². The lowest BCUT2D eigenvalue weighted by molar-refractivity contribution is 0.415. The third-order valence-corrected chi connectivity index (χ3v) is 3.87. The number of fused-ring (bicyclic) bond motifs is 1. The Hall–Kier alpha value is -2.33. The molecule has 0 aliphatic rings. The van der Waals surface area contributed by atoms with E-state index in [4.69, 9.17) is 15.5 Å². The number of hydrogen-bond acceptors (Lipinski definition) is 3. The van der Waals surface area contributed by atoms with E-state index in [1.807, 2.05) is 43.4 Å². The zero-order valence-corrected chi connectivity index (χ0v) is 12.3. The van der Waals surface area contributed by atoms with E-state index in [-0.39, 0.29) is 5.92 Å². The third-order valence-electron chi connectivity index (χ3n) is 3.87. The highest BCUT2D eigenvalue weighted by molar-refractivity contribution is 5.78. The van der Waals surface area contributed by atoms with Gasteiger partial charge in [-0.1, -0.05) is 30.3 Å². The van der Waals surface area contributed by atoms with Crippen molar-refractivity contribution in [3.63, 3.8) is 0 Å². The van der Waals surface area contributed by atoms with Crippen LogP contribution < -0.4 is 10.5 Å². The van der Waals surface area contributed by atoms with E-state index >= 15 is 0 Å². The van der Waals surface area contributed by atoms with E-state index in [2.05, 4.69) is 16.7 Å². The van der Waals surface area contributed by atoms with Crippen LogP contribution in [0.2, 0.25) is 0 Å². The molecule has 0 fully saturated rings. The third kappa shape index (κ3) is 2.38. The predicted octanol–water partition coefficient (Wildman–Crippen LogP) is 2.67. The summed E-state index contributed by atoms with van der Waals surface area (Å²) in [5, 5.41) is 0. The molecular formula is C17H19N3O. The first-order valence-corrected chi connectivity index (χ1v) is 7.00. The molecule has 2 N–H and O–H groups in total. The summed E-state index contributed by atoms with van der Waals surface area (Å²) in [6.07, 6.45) is 0. The maximum atomic E-state index is 6.01. The van der Waals surface area contributed by atoms with Crippen LogP contribution in [0.5, 0.6) is 5.75 Å². The van der Waals surface area contributed by atoms with Crippen LogP contribution in [-0.4, -0.2) is 23.2 Å². The molecular weight excluding hydrogens is 262 g/mol. The fourth-order valence-electron chi connectivity index (χ4n) is 2.71. The van der Waals surface area contributed by atoms with Crippen molar-refractivity contribution in [2.24, 2.45) is 12.8 Å². The summed E-state index contributed by atoms with van der Waals surface area (Å²) in [7, 11) is 3.69. The van der Waals surface area contributed by atoms with Crippen LogP contribution in [0.1, 0.15) is 17.3 Å². The highest BCUT2D eigenvalue weighted by Gasteiger charge is 2.19.